The lowest BCUT2D eigenvalue weighted by atomic mass is 10.1. The van der Waals surface area contributed by atoms with E-state index in [0.29, 0.717) is 16.0 Å². The number of hydrogen-bond donors (Lipinski definition) is 0. The van der Waals surface area contributed by atoms with Crippen molar-refractivity contribution in [2.24, 2.45) is 7.05 Å². The third-order valence-corrected chi connectivity index (χ3v) is 5.11. The van der Waals surface area contributed by atoms with Crippen molar-refractivity contribution >= 4 is 9.84 Å². The summed E-state index contributed by atoms with van der Waals surface area (Å²) >= 11 is 0. The van der Waals surface area contributed by atoms with Gasteiger partial charge in [0.2, 0.25) is 0 Å². The Labute approximate surface area is 138 Å². The summed E-state index contributed by atoms with van der Waals surface area (Å²) in [6.45, 7) is 0. The Morgan fingerprint density at radius 3 is 2.50 bits per heavy atom. The molecule has 0 saturated carbocycles. The highest BCUT2D eigenvalue weighted by atomic mass is 32.2. The molecule has 0 aliphatic carbocycles. The molecular weight excluding hydrogens is 345 g/mol. The van der Waals surface area contributed by atoms with Crippen molar-refractivity contribution in [3.63, 3.8) is 0 Å². The number of aromatic nitrogens is 2. The van der Waals surface area contributed by atoms with E-state index in [1.807, 2.05) is 0 Å². The normalized spacial score (nSPS) is 12.4. The summed E-state index contributed by atoms with van der Waals surface area (Å²) in [5.74, 6) is -0.435. The lowest BCUT2D eigenvalue weighted by molar-refractivity contribution is -0.144. The highest BCUT2D eigenvalue weighted by Gasteiger charge is 2.38. The van der Waals surface area contributed by atoms with Gasteiger partial charge in [-0.25, -0.2) is 8.42 Å². The summed E-state index contributed by atoms with van der Waals surface area (Å²) in [5, 5.41) is 3.53. The number of benzene rings is 1. The average molecular weight is 362 g/mol. The SMILES string of the molecule is COc1ccccc1CCS(=O)(=O)Cc1cnn(C)c1C(F)(F)F. The minimum Gasteiger partial charge on any atom is -0.496 e. The maximum Gasteiger partial charge on any atom is 0.433 e. The Bertz CT molecular complexity index is 814. The number of para-hydroxylation sites is 1. The number of methoxy groups -OCH3 is 1. The summed E-state index contributed by atoms with van der Waals surface area (Å²) in [7, 11) is -1.13. The molecule has 0 amide bonds. The van der Waals surface area contributed by atoms with Gasteiger partial charge in [0.1, 0.15) is 11.4 Å². The second-order valence-electron chi connectivity index (χ2n) is 5.29. The van der Waals surface area contributed by atoms with E-state index in [-0.39, 0.29) is 17.7 Å². The van der Waals surface area contributed by atoms with Crippen molar-refractivity contribution in [3.8, 4) is 5.75 Å². The van der Waals surface area contributed by atoms with E-state index >= 15 is 0 Å². The molecule has 0 fully saturated rings. The molecule has 0 atom stereocenters. The average Bonchev–Trinajstić information content (AvgIpc) is 2.85. The Morgan fingerprint density at radius 2 is 1.88 bits per heavy atom. The van der Waals surface area contributed by atoms with Crippen LogP contribution in [0.5, 0.6) is 5.75 Å². The molecule has 132 valence electrons. The molecule has 0 aliphatic rings. The van der Waals surface area contributed by atoms with Crippen molar-refractivity contribution in [2.45, 2.75) is 18.3 Å². The molecule has 0 spiro atoms. The van der Waals surface area contributed by atoms with E-state index in [1.165, 1.54) is 7.11 Å². The molecule has 24 heavy (non-hydrogen) atoms. The number of hydrogen-bond acceptors (Lipinski definition) is 4. The third kappa shape index (κ3) is 4.28. The predicted molar refractivity (Wildman–Crippen MR) is 82.4 cm³/mol. The predicted octanol–water partition coefficient (Wildman–Crippen LogP) is 2.61. The number of nitrogens with zero attached hydrogens (tertiary/aromatic N) is 2. The number of alkyl halides is 3. The largest absolute Gasteiger partial charge is 0.496 e. The zero-order chi connectivity index (χ0) is 18.0. The molecule has 0 aliphatic heterocycles. The monoisotopic (exact) mass is 362 g/mol. The van der Waals surface area contributed by atoms with Gasteiger partial charge in [-0.2, -0.15) is 18.3 Å². The lowest BCUT2D eigenvalue weighted by Gasteiger charge is -2.11. The van der Waals surface area contributed by atoms with E-state index < -0.39 is 27.5 Å². The molecular formula is C15H17F3N2O3S. The minimum absolute atomic E-state index is 0.161. The van der Waals surface area contributed by atoms with Gasteiger partial charge in [0.25, 0.3) is 0 Å². The van der Waals surface area contributed by atoms with Gasteiger partial charge in [0, 0.05) is 12.6 Å². The third-order valence-electron chi connectivity index (χ3n) is 3.53. The van der Waals surface area contributed by atoms with E-state index in [9.17, 15) is 21.6 Å². The van der Waals surface area contributed by atoms with Gasteiger partial charge in [-0.1, -0.05) is 18.2 Å². The molecule has 0 bridgehead atoms. The standard InChI is InChI=1S/C15H17F3N2O3S/c1-20-14(15(16,17)18)12(9-19-20)10-24(21,22)8-7-11-5-3-4-6-13(11)23-2/h3-6,9H,7-8,10H2,1-2H3. The zero-order valence-corrected chi connectivity index (χ0v) is 14.0. The van der Waals surface area contributed by atoms with Crippen LogP contribution in [0.2, 0.25) is 0 Å². The van der Waals surface area contributed by atoms with Crippen LogP contribution in [0.3, 0.4) is 0 Å². The summed E-state index contributed by atoms with van der Waals surface area (Å²) in [5.41, 5.74) is -0.695. The highest BCUT2D eigenvalue weighted by molar-refractivity contribution is 7.90. The first kappa shape index (κ1) is 18.3. The van der Waals surface area contributed by atoms with Crippen LogP contribution in [-0.4, -0.2) is 31.1 Å². The van der Waals surface area contributed by atoms with E-state index in [1.54, 1.807) is 24.3 Å². The van der Waals surface area contributed by atoms with E-state index in [4.69, 9.17) is 4.74 Å². The van der Waals surface area contributed by atoms with Crippen LogP contribution in [0.4, 0.5) is 13.2 Å². The Hall–Kier alpha value is -2.03. The van der Waals surface area contributed by atoms with Gasteiger partial charge in [-0.05, 0) is 18.1 Å². The van der Waals surface area contributed by atoms with Crippen molar-refractivity contribution in [1.82, 2.24) is 9.78 Å². The van der Waals surface area contributed by atoms with Gasteiger partial charge in [0.15, 0.2) is 9.84 Å². The fraction of sp³-hybridized carbons (Fsp3) is 0.400. The molecule has 2 rings (SSSR count). The molecule has 9 heteroatoms. The summed E-state index contributed by atoms with van der Waals surface area (Å²) < 4.78 is 69.2. The first-order valence-corrected chi connectivity index (χ1v) is 8.86. The molecule has 0 radical (unpaired) electrons. The van der Waals surface area contributed by atoms with E-state index in [2.05, 4.69) is 5.10 Å². The van der Waals surface area contributed by atoms with Crippen LogP contribution in [0, 0.1) is 0 Å². The van der Waals surface area contributed by atoms with Crippen molar-refractivity contribution in [2.75, 3.05) is 12.9 Å². The summed E-state index contributed by atoms with van der Waals surface area (Å²) in [6, 6.07) is 6.92. The Balaban J connectivity index is 2.16. The lowest BCUT2D eigenvalue weighted by Crippen LogP contribution is -2.17. The maximum absolute atomic E-state index is 13.0. The number of ether oxygens (including phenoxy) is 1. The Kier molecular flexibility index (Phi) is 5.22. The van der Waals surface area contributed by atoms with Crippen molar-refractivity contribution in [1.29, 1.82) is 0 Å². The topological polar surface area (TPSA) is 61.2 Å². The molecule has 1 aromatic heterocycles. The van der Waals surface area contributed by atoms with Gasteiger partial charge in [-0.15, -0.1) is 0 Å². The van der Waals surface area contributed by atoms with Crippen molar-refractivity contribution in [3.05, 3.63) is 47.3 Å². The molecule has 5 nitrogen and oxygen atoms in total. The molecule has 1 heterocycles. The van der Waals surface area contributed by atoms with E-state index in [0.717, 1.165) is 13.2 Å². The van der Waals surface area contributed by atoms with Crippen LogP contribution < -0.4 is 4.74 Å². The molecule has 0 N–H and O–H groups in total. The molecule has 2 aromatic rings. The second-order valence-corrected chi connectivity index (χ2v) is 7.48. The van der Waals surface area contributed by atoms with Gasteiger partial charge in [-0.3, -0.25) is 4.68 Å². The number of rotatable bonds is 6. The van der Waals surface area contributed by atoms with Gasteiger partial charge < -0.3 is 4.74 Å². The molecule has 0 unspecified atom stereocenters. The second kappa shape index (κ2) is 6.84. The summed E-state index contributed by atoms with van der Waals surface area (Å²) in [6.07, 6.45) is -3.55. The molecule has 1 aromatic carbocycles. The fourth-order valence-corrected chi connectivity index (χ4v) is 3.80. The number of sulfone groups is 1. The van der Waals surface area contributed by atoms with Gasteiger partial charge >= 0.3 is 6.18 Å². The zero-order valence-electron chi connectivity index (χ0n) is 13.2. The first-order chi connectivity index (χ1) is 11.1. The minimum atomic E-state index is -4.65. The quantitative estimate of drug-likeness (QED) is 0.793. The first-order valence-electron chi connectivity index (χ1n) is 7.04. The molecule has 0 saturated heterocycles. The Morgan fingerprint density at radius 1 is 1.21 bits per heavy atom. The van der Waals surface area contributed by atoms with Crippen LogP contribution in [0.1, 0.15) is 16.8 Å². The van der Waals surface area contributed by atoms with Crippen molar-refractivity contribution < 1.29 is 26.3 Å². The smallest absolute Gasteiger partial charge is 0.433 e. The maximum atomic E-state index is 13.0. The summed E-state index contributed by atoms with van der Waals surface area (Å²) in [4.78, 5) is 0. The number of aryl methyl sites for hydroxylation is 2. The van der Waals surface area contributed by atoms with Crippen LogP contribution in [0.25, 0.3) is 0 Å². The van der Waals surface area contributed by atoms with Crippen LogP contribution >= 0.6 is 0 Å². The number of halogens is 3. The van der Waals surface area contributed by atoms with Crippen LogP contribution in [-0.2, 0) is 35.2 Å². The van der Waals surface area contributed by atoms with Gasteiger partial charge in [0.05, 0.1) is 24.8 Å². The fourth-order valence-electron chi connectivity index (χ4n) is 2.44. The highest BCUT2D eigenvalue weighted by Crippen LogP contribution is 2.32. The van der Waals surface area contributed by atoms with Crippen LogP contribution in [0.15, 0.2) is 30.5 Å².